The lowest BCUT2D eigenvalue weighted by Gasteiger charge is -2.23. The summed E-state index contributed by atoms with van der Waals surface area (Å²) in [6, 6.07) is 4.48. The van der Waals surface area contributed by atoms with Crippen molar-refractivity contribution in [3.8, 4) is 0 Å². The molecule has 1 aromatic carbocycles. The SMILES string of the molecule is CC(=O)NC[C@H]1CN(c2ccc(N3CCON(C(=O)Cn4ncnn4)CC3)c(F)c2)C(=O)O1. The number of amides is 3. The van der Waals surface area contributed by atoms with Gasteiger partial charge in [0, 0.05) is 20.0 Å². The third kappa shape index (κ3) is 5.34. The van der Waals surface area contributed by atoms with Crippen LogP contribution in [0, 0.1) is 5.82 Å². The molecule has 2 aliphatic rings. The van der Waals surface area contributed by atoms with Crippen molar-refractivity contribution in [3.05, 3.63) is 30.3 Å². The lowest BCUT2D eigenvalue weighted by molar-refractivity contribution is -0.183. The van der Waals surface area contributed by atoms with Gasteiger partial charge in [0.05, 0.1) is 37.6 Å². The number of carbonyl (C=O) groups excluding carboxylic acids is 3. The van der Waals surface area contributed by atoms with Gasteiger partial charge >= 0.3 is 6.09 Å². The lowest BCUT2D eigenvalue weighted by Crippen LogP contribution is -2.37. The van der Waals surface area contributed by atoms with Crippen LogP contribution in [0.2, 0.25) is 0 Å². The normalized spacial score (nSPS) is 18.8. The van der Waals surface area contributed by atoms with Crippen molar-refractivity contribution in [1.82, 2.24) is 30.6 Å². The van der Waals surface area contributed by atoms with Crippen molar-refractivity contribution in [2.45, 2.75) is 19.6 Å². The predicted octanol–water partition coefficient (Wildman–Crippen LogP) is -0.446. The van der Waals surface area contributed by atoms with Crippen LogP contribution in [-0.2, 0) is 25.7 Å². The van der Waals surface area contributed by atoms with E-state index in [9.17, 15) is 18.8 Å². The van der Waals surface area contributed by atoms with Crippen molar-refractivity contribution in [1.29, 1.82) is 0 Å². The van der Waals surface area contributed by atoms with Crippen molar-refractivity contribution >= 4 is 29.3 Å². The Hall–Kier alpha value is -3.81. The van der Waals surface area contributed by atoms with E-state index >= 15 is 0 Å². The summed E-state index contributed by atoms with van der Waals surface area (Å²) in [6.07, 6.45) is 0.121. The Balaban J connectivity index is 1.37. The Morgan fingerprint density at radius 3 is 2.85 bits per heavy atom. The average Bonchev–Trinajstić information content (AvgIpc) is 3.35. The van der Waals surface area contributed by atoms with Gasteiger partial charge in [-0.15, -0.1) is 10.2 Å². The third-order valence-electron chi connectivity index (χ3n) is 5.16. The van der Waals surface area contributed by atoms with Gasteiger partial charge in [-0.25, -0.2) is 14.2 Å². The molecule has 0 saturated carbocycles. The zero-order valence-electron chi connectivity index (χ0n) is 17.9. The van der Waals surface area contributed by atoms with Crippen LogP contribution in [0.15, 0.2) is 24.5 Å². The second-order valence-corrected chi connectivity index (χ2v) is 7.47. The number of halogens is 1. The number of hydrogen-bond acceptors (Lipinski definition) is 9. The van der Waals surface area contributed by atoms with Crippen LogP contribution in [0.5, 0.6) is 0 Å². The first-order chi connectivity index (χ1) is 15.9. The summed E-state index contributed by atoms with van der Waals surface area (Å²) < 4.78 is 20.2. The summed E-state index contributed by atoms with van der Waals surface area (Å²) in [4.78, 5) is 45.3. The van der Waals surface area contributed by atoms with Crippen molar-refractivity contribution in [2.75, 3.05) is 49.1 Å². The van der Waals surface area contributed by atoms with E-state index in [1.54, 1.807) is 17.0 Å². The molecule has 1 atom stereocenters. The molecule has 3 heterocycles. The minimum Gasteiger partial charge on any atom is -0.442 e. The van der Waals surface area contributed by atoms with Gasteiger partial charge in [0.2, 0.25) is 5.91 Å². The third-order valence-corrected chi connectivity index (χ3v) is 5.16. The maximum atomic E-state index is 15.0. The molecule has 0 radical (unpaired) electrons. The number of benzene rings is 1. The van der Waals surface area contributed by atoms with Gasteiger partial charge in [0.15, 0.2) is 6.33 Å². The molecular weight excluding hydrogens is 439 g/mol. The van der Waals surface area contributed by atoms with Crippen molar-refractivity contribution in [3.63, 3.8) is 0 Å². The highest BCUT2D eigenvalue weighted by molar-refractivity contribution is 5.90. The van der Waals surface area contributed by atoms with E-state index in [4.69, 9.17) is 9.57 Å². The number of hydrogen-bond donors (Lipinski definition) is 1. The number of hydroxylamine groups is 2. The van der Waals surface area contributed by atoms with Crippen LogP contribution in [0.1, 0.15) is 6.92 Å². The Bertz CT molecular complexity index is 1020. The van der Waals surface area contributed by atoms with Crippen LogP contribution in [0.4, 0.5) is 20.6 Å². The Labute approximate surface area is 188 Å². The fourth-order valence-electron chi connectivity index (χ4n) is 3.56. The number of cyclic esters (lactones) is 1. The molecule has 2 aromatic rings. The summed E-state index contributed by atoms with van der Waals surface area (Å²) in [5, 5.41) is 14.8. The molecule has 3 amide bonds. The highest BCUT2D eigenvalue weighted by Gasteiger charge is 2.33. The molecule has 1 aromatic heterocycles. The molecule has 13 nitrogen and oxygen atoms in total. The Morgan fingerprint density at radius 2 is 2.12 bits per heavy atom. The monoisotopic (exact) mass is 462 g/mol. The minimum absolute atomic E-state index is 0.113. The molecule has 4 rings (SSSR count). The fourth-order valence-corrected chi connectivity index (χ4v) is 3.56. The van der Waals surface area contributed by atoms with Gasteiger partial charge in [-0.3, -0.25) is 19.3 Å². The highest BCUT2D eigenvalue weighted by Crippen LogP contribution is 2.28. The van der Waals surface area contributed by atoms with E-state index in [2.05, 4.69) is 20.7 Å². The van der Waals surface area contributed by atoms with Gasteiger partial charge < -0.3 is 15.0 Å². The summed E-state index contributed by atoms with van der Waals surface area (Å²) in [5.41, 5.74) is 0.687. The fraction of sp³-hybridized carbons (Fsp3) is 0.474. The molecule has 0 bridgehead atoms. The van der Waals surface area contributed by atoms with Crippen LogP contribution in [-0.4, -0.2) is 88.6 Å². The van der Waals surface area contributed by atoms with Gasteiger partial charge in [-0.05, 0) is 23.4 Å². The summed E-state index contributed by atoms with van der Waals surface area (Å²) in [6.45, 7) is 2.77. The quantitative estimate of drug-likeness (QED) is 0.606. The average molecular weight is 462 g/mol. The van der Waals surface area contributed by atoms with E-state index < -0.39 is 18.0 Å². The van der Waals surface area contributed by atoms with Gasteiger partial charge in [-0.1, -0.05) is 0 Å². The van der Waals surface area contributed by atoms with Gasteiger partial charge in [-0.2, -0.15) is 4.80 Å². The van der Waals surface area contributed by atoms with Crippen LogP contribution in [0.3, 0.4) is 0 Å². The second kappa shape index (κ2) is 9.77. The first kappa shape index (κ1) is 22.4. The predicted molar refractivity (Wildman–Crippen MR) is 110 cm³/mol. The first-order valence-electron chi connectivity index (χ1n) is 10.3. The molecule has 33 heavy (non-hydrogen) atoms. The van der Waals surface area contributed by atoms with Crippen LogP contribution >= 0.6 is 0 Å². The second-order valence-electron chi connectivity index (χ2n) is 7.47. The van der Waals surface area contributed by atoms with E-state index in [0.717, 1.165) is 4.80 Å². The zero-order valence-corrected chi connectivity index (χ0v) is 17.9. The number of anilines is 2. The number of ether oxygens (including phenoxy) is 1. The zero-order chi connectivity index (χ0) is 23.4. The molecule has 2 fully saturated rings. The lowest BCUT2D eigenvalue weighted by atomic mass is 10.2. The molecular formula is C19H23FN8O5. The molecule has 176 valence electrons. The van der Waals surface area contributed by atoms with Crippen LogP contribution < -0.4 is 15.1 Å². The molecule has 0 aliphatic carbocycles. The highest BCUT2D eigenvalue weighted by atomic mass is 19.1. The molecule has 2 saturated heterocycles. The molecule has 14 heteroatoms. The number of nitrogens with one attached hydrogen (secondary N) is 1. The van der Waals surface area contributed by atoms with E-state index in [1.807, 2.05) is 0 Å². The Morgan fingerprint density at radius 1 is 1.27 bits per heavy atom. The standard InChI is InChI=1S/C19H23FN8O5/c1-13(29)21-9-15-10-26(19(31)33-15)14-2-3-17(16(20)8-14)25-4-5-27(32-7-6-25)18(30)11-28-23-12-22-24-28/h2-3,8,12,15H,4-7,9-11H2,1H3,(H,21,29)/t15-/m0/s1. The summed E-state index contributed by atoms with van der Waals surface area (Å²) in [7, 11) is 0. The van der Waals surface area contributed by atoms with Gasteiger partial charge in [0.1, 0.15) is 18.5 Å². The first-order valence-corrected chi connectivity index (χ1v) is 10.3. The summed E-state index contributed by atoms with van der Waals surface area (Å²) >= 11 is 0. The largest absolute Gasteiger partial charge is 0.442 e. The van der Waals surface area contributed by atoms with E-state index in [1.165, 1.54) is 29.3 Å². The van der Waals surface area contributed by atoms with E-state index in [0.29, 0.717) is 24.5 Å². The number of nitrogens with zero attached hydrogens (tertiary/aromatic N) is 7. The topological polar surface area (TPSA) is 135 Å². The minimum atomic E-state index is -0.600. The molecule has 0 unspecified atom stereocenters. The molecule has 2 aliphatic heterocycles. The Kier molecular flexibility index (Phi) is 6.63. The van der Waals surface area contributed by atoms with Crippen molar-refractivity contribution in [2.24, 2.45) is 0 Å². The van der Waals surface area contributed by atoms with Crippen LogP contribution in [0.25, 0.3) is 0 Å². The maximum Gasteiger partial charge on any atom is 0.414 e. The summed E-state index contributed by atoms with van der Waals surface area (Å²) in [5.74, 6) is -1.08. The number of carbonyl (C=O) groups is 3. The smallest absolute Gasteiger partial charge is 0.414 e. The van der Waals surface area contributed by atoms with E-state index in [-0.39, 0.29) is 44.6 Å². The number of rotatable bonds is 6. The molecule has 0 spiro atoms. The van der Waals surface area contributed by atoms with Crippen molar-refractivity contribution < 1.29 is 28.3 Å². The maximum absolute atomic E-state index is 15.0. The van der Waals surface area contributed by atoms with Gasteiger partial charge in [0.25, 0.3) is 5.91 Å². The number of aromatic nitrogens is 4. The molecule has 1 N–H and O–H groups in total. The number of tetrazole rings is 1.